The Balaban J connectivity index is 1.97. The first-order valence-corrected chi connectivity index (χ1v) is 9.82. The van der Waals surface area contributed by atoms with Gasteiger partial charge in [0.1, 0.15) is 16.5 Å². The molecule has 7 nitrogen and oxygen atoms in total. The normalized spacial score (nSPS) is 11.4. The predicted octanol–water partition coefficient (Wildman–Crippen LogP) is 2.88. The largest absolute Gasteiger partial charge is 0.287 e. The number of nitrogens with one attached hydrogen (secondary N) is 1. The highest BCUT2D eigenvalue weighted by atomic mass is 35.5. The molecule has 2 aromatic carbocycles. The van der Waals surface area contributed by atoms with Crippen LogP contribution in [-0.4, -0.2) is 29.3 Å². The number of rotatable bonds is 5. The number of hydrogen-bond donors (Lipinski definition) is 1. The number of nitrogens with zero attached hydrogens (tertiary/aromatic N) is 3. The first kappa shape index (κ1) is 19.9. The zero-order valence-corrected chi connectivity index (χ0v) is 15.9. The van der Waals surface area contributed by atoms with E-state index in [1.165, 1.54) is 22.9 Å². The average molecular weight is 427 g/mol. The maximum atomic E-state index is 13.8. The molecular formula is C17H13ClF2N4O3S. The maximum Gasteiger partial charge on any atom is 0.287 e. The van der Waals surface area contributed by atoms with Crippen molar-refractivity contribution in [2.75, 3.05) is 0 Å². The Labute approximate surface area is 164 Å². The van der Waals surface area contributed by atoms with Crippen LogP contribution in [0, 0.1) is 11.6 Å². The van der Waals surface area contributed by atoms with Gasteiger partial charge in [-0.2, -0.15) is 0 Å². The fourth-order valence-electron chi connectivity index (χ4n) is 2.53. The first-order chi connectivity index (χ1) is 13.2. The summed E-state index contributed by atoms with van der Waals surface area (Å²) < 4.78 is 54.7. The summed E-state index contributed by atoms with van der Waals surface area (Å²) in [6.45, 7) is 1.69. The molecule has 11 heteroatoms. The van der Waals surface area contributed by atoms with Crippen molar-refractivity contribution in [3.05, 3.63) is 70.5 Å². The molecule has 0 aliphatic rings. The van der Waals surface area contributed by atoms with E-state index in [1.807, 2.05) is 0 Å². The molecule has 1 aromatic heterocycles. The lowest BCUT2D eigenvalue weighted by Crippen LogP contribution is -2.32. The van der Waals surface area contributed by atoms with Gasteiger partial charge in [-0.15, -0.1) is 5.10 Å². The number of benzene rings is 2. The van der Waals surface area contributed by atoms with Gasteiger partial charge in [0.25, 0.3) is 15.9 Å². The number of sulfonamides is 1. The third-order valence-electron chi connectivity index (χ3n) is 3.80. The second-order valence-electron chi connectivity index (χ2n) is 5.61. The SMILES string of the molecule is CCc1c(C(=O)NS(=O)(=O)c2ccccc2F)nnn1-c1ccc(F)cc1Cl. The van der Waals surface area contributed by atoms with Gasteiger partial charge < -0.3 is 0 Å². The molecule has 1 N–H and O–H groups in total. The molecule has 3 rings (SSSR count). The van der Waals surface area contributed by atoms with Gasteiger partial charge in [0.05, 0.1) is 16.4 Å². The topological polar surface area (TPSA) is 93.9 Å². The number of hydrogen-bond acceptors (Lipinski definition) is 5. The molecule has 1 amide bonds. The summed E-state index contributed by atoms with van der Waals surface area (Å²) in [5.41, 5.74) is 0.237. The Kier molecular flexibility index (Phi) is 5.43. The Morgan fingerprint density at radius 1 is 1.21 bits per heavy atom. The second-order valence-corrected chi connectivity index (χ2v) is 7.67. The molecule has 0 bridgehead atoms. The summed E-state index contributed by atoms with van der Waals surface area (Å²) in [6, 6.07) is 8.22. The highest BCUT2D eigenvalue weighted by Gasteiger charge is 2.26. The van der Waals surface area contributed by atoms with Crippen LogP contribution >= 0.6 is 11.6 Å². The number of halogens is 3. The molecule has 0 spiro atoms. The van der Waals surface area contributed by atoms with E-state index in [9.17, 15) is 22.0 Å². The lowest BCUT2D eigenvalue weighted by Gasteiger charge is -2.09. The Hall–Kier alpha value is -2.85. The van der Waals surface area contributed by atoms with E-state index >= 15 is 0 Å². The summed E-state index contributed by atoms with van der Waals surface area (Å²) in [6.07, 6.45) is 0.239. The lowest BCUT2D eigenvalue weighted by atomic mass is 10.2. The van der Waals surface area contributed by atoms with Gasteiger partial charge >= 0.3 is 0 Å². The smallest absolute Gasteiger partial charge is 0.266 e. The molecule has 1 heterocycles. The Morgan fingerprint density at radius 2 is 1.93 bits per heavy atom. The minimum atomic E-state index is -4.46. The molecule has 0 radical (unpaired) electrons. The van der Waals surface area contributed by atoms with Crippen molar-refractivity contribution in [1.82, 2.24) is 19.7 Å². The van der Waals surface area contributed by atoms with Crippen LogP contribution in [0.25, 0.3) is 5.69 Å². The first-order valence-electron chi connectivity index (χ1n) is 7.96. The predicted molar refractivity (Wildman–Crippen MR) is 96.8 cm³/mol. The van der Waals surface area contributed by atoms with Crippen LogP contribution in [0.1, 0.15) is 23.1 Å². The van der Waals surface area contributed by atoms with Gasteiger partial charge in [-0.1, -0.05) is 35.9 Å². The van der Waals surface area contributed by atoms with Crippen molar-refractivity contribution in [3.8, 4) is 5.69 Å². The highest BCUT2D eigenvalue weighted by Crippen LogP contribution is 2.23. The van der Waals surface area contributed by atoms with Crippen LogP contribution < -0.4 is 4.72 Å². The minimum absolute atomic E-state index is 0.0329. The number of carbonyl (C=O) groups is 1. The maximum absolute atomic E-state index is 13.8. The molecule has 146 valence electrons. The van der Waals surface area contributed by atoms with Crippen molar-refractivity contribution in [2.24, 2.45) is 0 Å². The van der Waals surface area contributed by atoms with Gasteiger partial charge in [0, 0.05) is 0 Å². The van der Waals surface area contributed by atoms with E-state index in [1.54, 1.807) is 11.6 Å². The van der Waals surface area contributed by atoms with E-state index < -0.39 is 32.5 Å². The molecule has 0 saturated heterocycles. The molecule has 0 unspecified atom stereocenters. The van der Waals surface area contributed by atoms with Crippen molar-refractivity contribution in [1.29, 1.82) is 0 Å². The van der Waals surface area contributed by atoms with Gasteiger partial charge in [-0.05, 0) is 36.8 Å². The van der Waals surface area contributed by atoms with Crippen molar-refractivity contribution >= 4 is 27.5 Å². The molecule has 28 heavy (non-hydrogen) atoms. The van der Waals surface area contributed by atoms with E-state index in [2.05, 4.69) is 10.3 Å². The van der Waals surface area contributed by atoms with Crippen LogP contribution in [0.4, 0.5) is 8.78 Å². The van der Waals surface area contributed by atoms with Crippen LogP contribution in [0.5, 0.6) is 0 Å². The quantitative estimate of drug-likeness (QED) is 0.677. The average Bonchev–Trinajstić information content (AvgIpc) is 3.05. The molecular weight excluding hydrogens is 414 g/mol. The van der Waals surface area contributed by atoms with Crippen LogP contribution in [-0.2, 0) is 16.4 Å². The molecule has 0 aliphatic carbocycles. The van der Waals surface area contributed by atoms with E-state index in [0.29, 0.717) is 0 Å². The zero-order valence-electron chi connectivity index (χ0n) is 14.4. The molecule has 0 atom stereocenters. The van der Waals surface area contributed by atoms with Crippen LogP contribution in [0.15, 0.2) is 47.4 Å². The molecule has 0 fully saturated rings. The van der Waals surface area contributed by atoms with Gasteiger partial charge in [-0.25, -0.2) is 26.6 Å². The fraction of sp³-hybridized carbons (Fsp3) is 0.118. The highest BCUT2D eigenvalue weighted by molar-refractivity contribution is 7.90. The van der Waals surface area contributed by atoms with E-state index in [4.69, 9.17) is 11.6 Å². The number of carbonyl (C=O) groups excluding carboxylic acids is 1. The minimum Gasteiger partial charge on any atom is -0.266 e. The van der Waals surface area contributed by atoms with Gasteiger partial charge in [-0.3, -0.25) is 4.79 Å². The number of amides is 1. The third kappa shape index (κ3) is 3.73. The zero-order chi connectivity index (χ0) is 20.5. The molecule has 0 aliphatic heterocycles. The summed E-state index contributed by atoms with van der Waals surface area (Å²) in [5.74, 6) is -2.63. The van der Waals surface area contributed by atoms with Gasteiger partial charge in [0.2, 0.25) is 0 Å². The monoisotopic (exact) mass is 426 g/mol. The van der Waals surface area contributed by atoms with Crippen molar-refractivity contribution < 1.29 is 22.0 Å². The van der Waals surface area contributed by atoms with Gasteiger partial charge in [0.15, 0.2) is 5.69 Å². The standard InChI is InChI=1S/C17H13ClF2N4O3S/c1-2-13-16(21-23-24(13)14-8-7-10(19)9-11(14)18)17(25)22-28(26,27)15-6-4-3-5-12(15)20/h3-9H,2H2,1H3,(H,22,25). The van der Waals surface area contributed by atoms with E-state index in [-0.39, 0.29) is 28.5 Å². The summed E-state index contributed by atoms with van der Waals surface area (Å²) >= 11 is 6.02. The van der Waals surface area contributed by atoms with Crippen molar-refractivity contribution in [3.63, 3.8) is 0 Å². The molecule has 3 aromatic rings. The molecule has 0 saturated carbocycles. The Morgan fingerprint density at radius 3 is 2.57 bits per heavy atom. The number of aromatic nitrogens is 3. The van der Waals surface area contributed by atoms with Crippen LogP contribution in [0.2, 0.25) is 5.02 Å². The van der Waals surface area contributed by atoms with E-state index in [0.717, 1.165) is 24.3 Å². The summed E-state index contributed by atoms with van der Waals surface area (Å²) in [4.78, 5) is 11.8. The Bertz CT molecular complexity index is 1160. The lowest BCUT2D eigenvalue weighted by molar-refractivity contribution is 0.0975. The van der Waals surface area contributed by atoms with Crippen molar-refractivity contribution in [2.45, 2.75) is 18.2 Å². The second kappa shape index (κ2) is 7.64. The summed E-state index contributed by atoms with van der Waals surface area (Å²) in [5, 5.41) is 7.57. The third-order valence-corrected chi connectivity index (χ3v) is 5.47. The van der Waals surface area contributed by atoms with Crippen LogP contribution in [0.3, 0.4) is 0 Å². The summed E-state index contributed by atoms with van der Waals surface area (Å²) in [7, 11) is -4.46. The fourth-order valence-corrected chi connectivity index (χ4v) is 3.81.